The van der Waals surface area contributed by atoms with Crippen molar-refractivity contribution in [2.75, 3.05) is 6.54 Å². The molecule has 0 saturated heterocycles. The zero-order valence-electron chi connectivity index (χ0n) is 10.8. The fourth-order valence-electron chi connectivity index (χ4n) is 1.93. The van der Waals surface area contributed by atoms with Crippen molar-refractivity contribution in [1.82, 2.24) is 0 Å². The minimum Gasteiger partial charge on any atom is -0.504 e. The van der Waals surface area contributed by atoms with E-state index in [1.165, 1.54) is 5.56 Å². The molecule has 1 unspecified atom stereocenters. The highest BCUT2D eigenvalue weighted by molar-refractivity contribution is 5.38. The van der Waals surface area contributed by atoms with Gasteiger partial charge in [0.1, 0.15) is 6.10 Å². The first-order chi connectivity index (χ1) is 9.29. The van der Waals surface area contributed by atoms with Crippen LogP contribution in [0, 0.1) is 0 Å². The largest absolute Gasteiger partial charge is 0.504 e. The molecule has 3 nitrogen and oxygen atoms in total. The lowest BCUT2D eigenvalue weighted by Gasteiger charge is -2.18. The molecule has 0 aliphatic carbocycles. The van der Waals surface area contributed by atoms with E-state index < -0.39 is 0 Å². The summed E-state index contributed by atoms with van der Waals surface area (Å²) in [6, 6.07) is 17.2. The number of rotatable bonds is 6. The minimum atomic E-state index is -0.0893. The molecule has 0 amide bonds. The molecule has 2 aromatic carbocycles. The Labute approximate surface area is 113 Å². The van der Waals surface area contributed by atoms with Crippen LogP contribution < -0.4 is 10.5 Å². The van der Waals surface area contributed by atoms with Gasteiger partial charge in [-0.15, -0.1) is 0 Å². The second-order valence-corrected chi connectivity index (χ2v) is 4.47. The van der Waals surface area contributed by atoms with Gasteiger partial charge in [0.05, 0.1) is 0 Å². The number of nitrogens with two attached hydrogens (primary N) is 1. The smallest absolute Gasteiger partial charge is 0.161 e. The zero-order chi connectivity index (χ0) is 13.5. The van der Waals surface area contributed by atoms with E-state index >= 15 is 0 Å². The molecular weight excluding hydrogens is 238 g/mol. The topological polar surface area (TPSA) is 55.5 Å². The summed E-state index contributed by atoms with van der Waals surface area (Å²) in [5, 5.41) is 9.67. The van der Waals surface area contributed by atoms with Crippen molar-refractivity contribution in [3.63, 3.8) is 0 Å². The van der Waals surface area contributed by atoms with Gasteiger partial charge in [-0.3, -0.25) is 0 Å². The second-order valence-electron chi connectivity index (χ2n) is 4.47. The lowest BCUT2D eigenvalue weighted by atomic mass is 10.1. The summed E-state index contributed by atoms with van der Waals surface area (Å²) in [6.07, 6.45) is 1.65. The van der Waals surface area contributed by atoms with Crippen LogP contribution in [0.3, 0.4) is 0 Å². The fourth-order valence-corrected chi connectivity index (χ4v) is 1.93. The molecule has 0 bridgehead atoms. The van der Waals surface area contributed by atoms with Crippen molar-refractivity contribution in [3.8, 4) is 11.5 Å². The molecule has 2 aromatic rings. The fraction of sp³-hybridized carbons (Fsp3) is 0.250. The predicted molar refractivity (Wildman–Crippen MR) is 76.3 cm³/mol. The summed E-state index contributed by atoms with van der Waals surface area (Å²) >= 11 is 0. The minimum absolute atomic E-state index is 0.0893. The molecule has 0 aliphatic rings. The van der Waals surface area contributed by atoms with Crippen LogP contribution >= 0.6 is 0 Å². The third kappa shape index (κ3) is 4.00. The van der Waals surface area contributed by atoms with Crippen molar-refractivity contribution >= 4 is 0 Å². The van der Waals surface area contributed by atoms with Crippen LogP contribution in [0.5, 0.6) is 11.5 Å². The van der Waals surface area contributed by atoms with Gasteiger partial charge in [0, 0.05) is 6.54 Å². The van der Waals surface area contributed by atoms with Gasteiger partial charge in [-0.05, 0) is 30.5 Å². The second kappa shape index (κ2) is 6.81. The van der Waals surface area contributed by atoms with Gasteiger partial charge in [0.15, 0.2) is 11.5 Å². The van der Waals surface area contributed by atoms with Crippen LogP contribution in [-0.2, 0) is 6.42 Å². The first-order valence-electron chi connectivity index (χ1n) is 6.48. The van der Waals surface area contributed by atoms with E-state index in [9.17, 15) is 5.11 Å². The molecule has 3 heteroatoms. The van der Waals surface area contributed by atoms with Gasteiger partial charge >= 0.3 is 0 Å². The molecule has 19 heavy (non-hydrogen) atoms. The van der Waals surface area contributed by atoms with Crippen molar-refractivity contribution in [2.45, 2.75) is 18.9 Å². The Morgan fingerprint density at radius 2 is 1.68 bits per heavy atom. The maximum absolute atomic E-state index is 9.67. The van der Waals surface area contributed by atoms with Gasteiger partial charge in [-0.25, -0.2) is 0 Å². The molecule has 0 radical (unpaired) electrons. The lowest BCUT2D eigenvalue weighted by molar-refractivity contribution is 0.192. The molecule has 0 heterocycles. The zero-order valence-corrected chi connectivity index (χ0v) is 10.8. The van der Waals surface area contributed by atoms with Crippen molar-refractivity contribution in [2.24, 2.45) is 5.73 Å². The summed E-state index contributed by atoms with van der Waals surface area (Å²) in [4.78, 5) is 0. The monoisotopic (exact) mass is 257 g/mol. The maximum atomic E-state index is 9.67. The number of benzene rings is 2. The molecule has 0 spiro atoms. The average Bonchev–Trinajstić information content (AvgIpc) is 2.46. The summed E-state index contributed by atoms with van der Waals surface area (Å²) < 4.78 is 5.74. The number of para-hydroxylation sites is 2. The predicted octanol–water partition coefficient (Wildman–Crippen LogP) is 2.73. The third-order valence-corrected chi connectivity index (χ3v) is 3.02. The number of hydrogen-bond donors (Lipinski definition) is 2. The number of ether oxygens (including phenoxy) is 1. The van der Waals surface area contributed by atoms with E-state index in [1.54, 1.807) is 18.2 Å². The highest BCUT2D eigenvalue weighted by Gasteiger charge is 2.11. The number of aryl methyl sites for hydroxylation is 1. The van der Waals surface area contributed by atoms with Gasteiger partial charge in [-0.2, -0.15) is 0 Å². The van der Waals surface area contributed by atoms with Crippen LogP contribution in [0.1, 0.15) is 12.0 Å². The van der Waals surface area contributed by atoms with Crippen molar-refractivity contribution < 1.29 is 9.84 Å². The Morgan fingerprint density at radius 3 is 2.37 bits per heavy atom. The summed E-state index contributed by atoms with van der Waals surface area (Å²) in [7, 11) is 0. The number of aromatic hydroxyl groups is 1. The summed E-state index contributed by atoms with van der Waals surface area (Å²) in [5.74, 6) is 0.645. The highest BCUT2D eigenvalue weighted by atomic mass is 16.5. The van der Waals surface area contributed by atoms with Gasteiger partial charge < -0.3 is 15.6 Å². The van der Waals surface area contributed by atoms with E-state index in [1.807, 2.05) is 24.3 Å². The molecule has 2 rings (SSSR count). The average molecular weight is 257 g/mol. The number of hydrogen-bond acceptors (Lipinski definition) is 3. The Balaban J connectivity index is 1.92. The van der Waals surface area contributed by atoms with E-state index in [-0.39, 0.29) is 11.9 Å². The number of phenolic OH excluding ortho intramolecular Hbond substituents is 1. The third-order valence-electron chi connectivity index (χ3n) is 3.02. The van der Waals surface area contributed by atoms with Crippen LogP contribution in [0.15, 0.2) is 54.6 Å². The maximum Gasteiger partial charge on any atom is 0.161 e. The Morgan fingerprint density at radius 1 is 1.00 bits per heavy atom. The van der Waals surface area contributed by atoms with E-state index in [4.69, 9.17) is 10.5 Å². The van der Waals surface area contributed by atoms with Crippen LogP contribution in [0.2, 0.25) is 0 Å². The van der Waals surface area contributed by atoms with Gasteiger partial charge in [0.25, 0.3) is 0 Å². The SMILES string of the molecule is NCC(CCc1ccccc1)Oc1ccccc1O. The van der Waals surface area contributed by atoms with E-state index in [0.29, 0.717) is 12.3 Å². The van der Waals surface area contributed by atoms with E-state index in [0.717, 1.165) is 12.8 Å². The molecule has 3 N–H and O–H groups in total. The molecule has 0 saturated carbocycles. The van der Waals surface area contributed by atoms with Crippen molar-refractivity contribution in [1.29, 1.82) is 0 Å². The summed E-state index contributed by atoms with van der Waals surface area (Å²) in [6.45, 7) is 0.432. The Hall–Kier alpha value is -2.00. The van der Waals surface area contributed by atoms with Crippen LogP contribution in [0.25, 0.3) is 0 Å². The van der Waals surface area contributed by atoms with Crippen LogP contribution in [-0.4, -0.2) is 17.8 Å². The Kier molecular flexibility index (Phi) is 4.81. The molecule has 0 aromatic heterocycles. The highest BCUT2D eigenvalue weighted by Crippen LogP contribution is 2.26. The van der Waals surface area contributed by atoms with Crippen molar-refractivity contribution in [3.05, 3.63) is 60.2 Å². The molecule has 0 fully saturated rings. The quantitative estimate of drug-likeness (QED) is 0.836. The van der Waals surface area contributed by atoms with Gasteiger partial charge in [-0.1, -0.05) is 42.5 Å². The first-order valence-corrected chi connectivity index (χ1v) is 6.48. The number of phenols is 1. The first kappa shape index (κ1) is 13.4. The summed E-state index contributed by atoms with van der Waals surface area (Å²) in [5.41, 5.74) is 6.99. The molecule has 1 atom stereocenters. The molecule has 100 valence electrons. The molecular formula is C16H19NO2. The lowest BCUT2D eigenvalue weighted by Crippen LogP contribution is -2.27. The standard InChI is InChI=1S/C16H19NO2/c17-12-14(11-10-13-6-2-1-3-7-13)19-16-9-5-4-8-15(16)18/h1-9,14,18H,10-12,17H2. The molecule has 0 aliphatic heterocycles. The normalized spacial score (nSPS) is 12.1. The van der Waals surface area contributed by atoms with E-state index in [2.05, 4.69) is 12.1 Å². The van der Waals surface area contributed by atoms with Crippen LogP contribution in [0.4, 0.5) is 0 Å². The van der Waals surface area contributed by atoms with Gasteiger partial charge in [0.2, 0.25) is 0 Å². The Bertz CT molecular complexity index is 499.